The predicted octanol–water partition coefficient (Wildman–Crippen LogP) is 1.68. The molecule has 2 rings (SSSR count). The Morgan fingerprint density at radius 3 is 2.90 bits per heavy atom. The maximum absolute atomic E-state index is 12.5. The third kappa shape index (κ3) is 3.30. The summed E-state index contributed by atoms with van der Waals surface area (Å²) in [4.78, 5) is 24.2. The average molecular weight is 294 g/mol. The minimum Gasteiger partial charge on any atom is -0.502 e. The summed E-state index contributed by atoms with van der Waals surface area (Å²) in [6.07, 6.45) is 1.66. The van der Waals surface area contributed by atoms with Crippen molar-refractivity contribution in [2.45, 2.75) is 38.3 Å². The lowest BCUT2D eigenvalue weighted by atomic mass is 10.1. The Bertz CT molecular complexity index is 558. The molecule has 0 aliphatic carbocycles. The third-order valence-corrected chi connectivity index (χ3v) is 3.67. The molecule has 2 atom stereocenters. The molecule has 0 aromatic heterocycles. The predicted molar refractivity (Wildman–Crippen MR) is 75.1 cm³/mol. The summed E-state index contributed by atoms with van der Waals surface area (Å²) in [5.41, 5.74) is -0.302. The molecule has 1 aromatic carbocycles. The molecule has 0 saturated carbocycles. The molecule has 1 aliphatic heterocycles. The standard InChI is InChI=1S/C14H18N2O5/c1-9(17)7-11-3-2-6-15(11)14(19)10-4-5-13(18)12(8-10)16(20)21/h4-5,8-9,11,17-18H,2-3,6-7H2,1H3/t9-,11+/m0/s1. The van der Waals surface area contributed by atoms with E-state index in [0.29, 0.717) is 13.0 Å². The second-order valence-corrected chi connectivity index (χ2v) is 5.34. The number of hydrogen-bond acceptors (Lipinski definition) is 5. The maximum atomic E-state index is 12.5. The van der Waals surface area contributed by atoms with Gasteiger partial charge in [0.25, 0.3) is 5.91 Å². The van der Waals surface area contributed by atoms with Crippen LogP contribution in [-0.4, -0.2) is 44.6 Å². The number of likely N-dealkylation sites (tertiary alicyclic amines) is 1. The number of nitro groups is 1. The summed E-state index contributed by atoms with van der Waals surface area (Å²) in [6.45, 7) is 2.25. The molecule has 2 N–H and O–H groups in total. The lowest BCUT2D eigenvalue weighted by molar-refractivity contribution is -0.385. The molecule has 1 aromatic rings. The van der Waals surface area contributed by atoms with Gasteiger partial charge in [0.05, 0.1) is 11.0 Å². The molecule has 1 aliphatic rings. The Kier molecular flexibility index (Phi) is 4.42. The van der Waals surface area contributed by atoms with Crippen molar-refractivity contribution in [2.24, 2.45) is 0 Å². The quantitative estimate of drug-likeness (QED) is 0.649. The Morgan fingerprint density at radius 1 is 1.57 bits per heavy atom. The first kappa shape index (κ1) is 15.2. The zero-order valence-corrected chi connectivity index (χ0v) is 11.7. The van der Waals surface area contributed by atoms with E-state index in [1.165, 1.54) is 6.07 Å². The van der Waals surface area contributed by atoms with Gasteiger partial charge in [-0.25, -0.2) is 0 Å². The van der Waals surface area contributed by atoms with Crippen molar-refractivity contribution in [3.63, 3.8) is 0 Å². The first-order valence-electron chi connectivity index (χ1n) is 6.86. The highest BCUT2D eigenvalue weighted by Crippen LogP contribution is 2.29. The van der Waals surface area contributed by atoms with E-state index in [4.69, 9.17) is 0 Å². The summed E-state index contributed by atoms with van der Waals surface area (Å²) in [5.74, 6) is -0.764. The van der Waals surface area contributed by atoms with Crippen molar-refractivity contribution >= 4 is 11.6 Å². The van der Waals surface area contributed by atoms with E-state index in [2.05, 4.69) is 0 Å². The van der Waals surface area contributed by atoms with Crippen LogP contribution in [0.25, 0.3) is 0 Å². The molecular weight excluding hydrogens is 276 g/mol. The molecule has 1 fully saturated rings. The Hall–Kier alpha value is -2.15. The van der Waals surface area contributed by atoms with E-state index in [1.54, 1.807) is 11.8 Å². The molecule has 114 valence electrons. The first-order chi connectivity index (χ1) is 9.90. The molecular formula is C14H18N2O5. The van der Waals surface area contributed by atoms with Gasteiger partial charge < -0.3 is 15.1 Å². The Balaban J connectivity index is 2.23. The van der Waals surface area contributed by atoms with Gasteiger partial charge in [-0.1, -0.05) is 0 Å². The number of benzene rings is 1. The number of aliphatic hydroxyl groups excluding tert-OH is 1. The van der Waals surface area contributed by atoms with Crippen LogP contribution in [0.3, 0.4) is 0 Å². The number of rotatable bonds is 4. The van der Waals surface area contributed by atoms with Gasteiger partial charge >= 0.3 is 5.69 Å². The monoisotopic (exact) mass is 294 g/mol. The van der Waals surface area contributed by atoms with Crippen molar-refractivity contribution in [3.05, 3.63) is 33.9 Å². The van der Waals surface area contributed by atoms with Crippen LogP contribution in [-0.2, 0) is 0 Å². The van der Waals surface area contributed by atoms with E-state index < -0.39 is 22.5 Å². The first-order valence-corrected chi connectivity index (χ1v) is 6.86. The lowest BCUT2D eigenvalue weighted by Gasteiger charge is -2.25. The van der Waals surface area contributed by atoms with E-state index in [0.717, 1.165) is 25.0 Å². The largest absolute Gasteiger partial charge is 0.502 e. The SMILES string of the molecule is C[C@H](O)C[C@H]1CCCN1C(=O)c1ccc(O)c([N+](=O)[O-])c1. The van der Waals surface area contributed by atoms with Crippen LogP contribution in [0.1, 0.15) is 36.5 Å². The van der Waals surface area contributed by atoms with Gasteiger partial charge in [0.15, 0.2) is 5.75 Å². The molecule has 1 saturated heterocycles. The third-order valence-electron chi connectivity index (χ3n) is 3.67. The second-order valence-electron chi connectivity index (χ2n) is 5.34. The highest BCUT2D eigenvalue weighted by atomic mass is 16.6. The second kappa shape index (κ2) is 6.09. The fourth-order valence-corrected chi connectivity index (χ4v) is 2.71. The topological polar surface area (TPSA) is 104 Å². The van der Waals surface area contributed by atoms with E-state index in [1.807, 2.05) is 0 Å². The van der Waals surface area contributed by atoms with Gasteiger partial charge in [-0.05, 0) is 38.3 Å². The number of amides is 1. The fraction of sp³-hybridized carbons (Fsp3) is 0.500. The molecule has 1 heterocycles. The number of phenolic OH excluding ortho intramolecular Hbond substituents is 1. The van der Waals surface area contributed by atoms with E-state index >= 15 is 0 Å². The molecule has 0 bridgehead atoms. The minimum absolute atomic E-state index is 0.0506. The van der Waals surface area contributed by atoms with Gasteiger partial charge in [-0.2, -0.15) is 0 Å². The number of aliphatic hydroxyl groups is 1. The highest BCUT2D eigenvalue weighted by molar-refractivity contribution is 5.95. The molecule has 0 radical (unpaired) electrons. The zero-order valence-electron chi connectivity index (χ0n) is 11.7. The van der Waals surface area contributed by atoms with Crippen LogP contribution in [0, 0.1) is 10.1 Å². The van der Waals surface area contributed by atoms with Crippen LogP contribution in [0.5, 0.6) is 5.75 Å². The summed E-state index contributed by atoms with van der Waals surface area (Å²) < 4.78 is 0. The van der Waals surface area contributed by atoms with Crippen molar-refractivity contribution in [1.29, 1.82) is 0 Å². The molecule has 0 spiro atoms. The Morgan fingerprint density at radius 2 is 2.29 bits per heavy atom. The van der Waals surface area contributed by atoms with Crippen LogP contribution >= 0.6 is 0 Å². The number of carbonyl (C=O) groups excluding carboxylic acids is 1. The summed E-state index contributed by atoms with van der Waals surface area (Å²) in [6, 6.07) is 3.58. The number of carbonyl (C=O) groups is 1. The van der Waals surface area contributed by atoms with E-state index in [-0.39, 0.29) is 17.5 Å². The number of aromatic hydroxyl groups is 1. The summed E-state index contributed by atoms with van der Waals surface area (Å²) >= 11 is 0. The van der Waals surface area contributed by atoms with Crippen molar-refractivity contribution in [1.82, 2.24) is 4.90 Å². The van der Waals surface area contributed by atoms with Crippen LogP contribution in [0.15, 0.2) is 18.2 Å². The van der Waals surface area contributed by atoms with Crippen molar-refractivity contribution < 1.29 is 19.9 Å². The fourth-order valence-electron chi connectivity index (χ4n) is 2.71. The van der Waals surface area contributed by atoms with Gasteiger partial charge in [0.1, 0.15) is 0 Å². The summed E-state index contributed by atoms with van der Waals surface area (Å²) in [5, 5.41) is 29.7. The van der Waals surface area contributed by atoms with Gasteiger partial charge in [-0.15, -0.1) is 0 Å². The molecule has 21 heavy (non-hydrogen) atoms. The van der Waals surface area contributed by atoms with Crippen LogP contribution in [0.4, 0.5) is 5.69 Å². The zero-order chi connectivity index (χ0) is 15.6. The van der Waals surface area contributed by atoms with Crippen LogP contribution < -0.4 is 0 Å². The smallest absolute Gasteiger partial charge is 0.311 e. The number of nitrogens with zero attached hydrogens (tertiary/aromatic N) is 2. The molecule has 7 nitrogen and oxygen atoms in total. The van der Waals surface area contributed by atoms with Crippen LogP contribution in [0.2, 0.25) is 0 Å². The number of hydrogen-bond donors (Lipinski definition) is 2. The summed E-state index contributed by atoms with van der Waals surface area (Å²) in [7, 11) is 0. The maximum Gasteiger partial charge on any atom is 0.311 e. The molecule has 0 unspecified atom stereocenters. The normalized spacial score (nSPS) is 19.5. The minimum atomic E-state index is -0.719. The van der Waals surface area contributed by atoms with Gasteiger partial charge in [0, 0.05) is 24.2 Å². The Labute approximate surface area is 122 Å². The van der Waals surface area contributed by atoms with Gasteiger partial charge in [0.2, 0.25) is 0 Å². The van der Waals surface area contributed by atoms with E-state index in [9.17, 15) is 25.1 Å². The molecule has 1 amide bonds. The average Bonchev–Trinajstić information content (AvgIpc) is 2.85. The van der Waals surface area contributed by atoms with Gasteiger partial charge in [-0.3, -0.25) is 14.9 Å². The molecule has 7 heteroatoms. The van der Waals surface area contributed by atoms with Crippen molar-refractivity contribution in [3.8, 4) is 5.75 Å². The number of nitro benzene ring substituents is 1. The highest BCUT2D eigenvalue weighted by Gasteiger charge is 2.31. The lowest BCUT2D eigenvalue weighted by Crippen LogP contribution is -2.37. The van der Waals surface area contributed by atoms with Crippen molar-refractivity contribution in [2.75, 3.05) is 6.54 Å². The number of phenols is 1.